The molecule has 1 aliphatic carbocycles. The van der Waals surface area contributed by atoms with Crippen LogP contribution in [0.2, 0.25) is 0 Å². The van der Waals surface area contributed by atoms with E-state index in [9.17, 15) is 0 Å². The number of benzene rings is 1. The summed E-state index contributed by atoms with van der Waals surface area (Å²) in [6, 6.07) is 11.3. The third-order valence-electron chi connectivity index (χ3n) is 3.07. The molecule has 1 aliphatic rings. The first-order valence-electron chi connectivity index (χ1n) is 5.99. The highest BCUT2D eigenvalue weighted by Gasteiger charge is 2.27. The van der Waals surface area contributed by atoms with Gasteiger partial charge in [-0.1, -0.05) is 12.1 Å². The van der Waals surface area contributed by atoms with Crippen molar-refractivity contribution in [2.24, 2.45) is 7.05 Å². The van der Waals surface area contributed by atoms with Crippen LogP contribution in [-0.2, 0) is 7.05 Å². The van der Waals surface area contributed by atoms with Gasteiger partial charge in [0.1, 0.15) is 11.8 Å². The zero-order valence-electron chi connectivity index (χ0n) is 10.1. The van der Waals surface area contributed by atoms with E-state index >= 15 is 0 Å². The van der Waals surface area contributed by atoms with Gasteiger partial charge in [0, 0.05) is 19.0 Å². The molecule has 0 saturated heterocycles. The Bertz CT molecular complexity index is 620. The van der Waals surface area contributed by atoms with Crippen molar-refractivity contribution in [3.63, 3.8) is 0 Å². The van der Waals surface area contributed by atoms with Crippen LogP contribution in [0.5, 0.6) is 11.6 Å². The lowest BCUT2D eigenvalue weighted by Gasteiger charge is -2.06. The molecule has 2 aromatic rings. The summed E-state index contributed by atoms with van der Waals surface area (Å²) in [6.07, 6.45) is 2.43. The molecule has 0 N–H and O–H groups in total. The van der Waals surface area contributed by atoms with Crippen molar-refractivity contribution < 1.29 is 4.74 Å². The van der Waals surface area contributed by atoms with Crippen molar-refractivity contribution >= 4 is 0 Å². The van der Waals surface area contributed by atoms with Gasteiger partial charge in [0.05, 0.1) is 11.3 Å². The molecule has 0 bridgehead atoms. The van der Waals surface area contributed by atoms with Gasteiger partial charge >= 0.3 is 0 Å². The fourth-order valence-corrected chi connectivity index (χ4v) is 1.91. The van der Waals surface area contributed by atoms with Gasteiger partial charge in [-0.05, 0) is 25.0 Å². The number of ether oxygens (including phenoxy) is 1. The Morgan fingerprint density at radius 3 is 2.89 bits per heavy atom. The summed E-state index contributed by atoms with van der Waals surface area (Å²) in [7, 11) is 1.86. The van der Waals surface area contributed by atoms with Crippen molar-refractivity contribution in [3.05, 3.63) is 41.6 Å². The molecule has 1 heterocycles. The van der Waals surface area contributed by atoms with Gasteiger partial charge < -0.3 is 4.74 Å². The molecule has 1 fully saturated rings. The molecular weight excluding hydrogens is 226 g/mol. The Labute approximate surface area is 105 Å². The van der Waals surface area contributed by atoms with Crippen LogP contribution in [0.15, 0.2) is 30.3 Å². The molecule has 4 heteroatoms. The van der Waals surface area contributed by atoms with Crippen molar-refractivity contribution in [1.29, 1.82) is 5.26 Å². The van der Waals surface area contributed by atoms with E-state index in [2.05, 4.69) is 11.2 Å². The van der Waals surface area contributed by atoms with E-state index in [4.69, 9.17) is 10.00 Å². The maximum Gasteiger partial charge on any atom is 0.217 e. The second-order valence-electron chi connectivity index (χ2n) is 4.52. The Morgan fingerprint density at radius 2 is 2.17 bits per heavy atom. The number of aromatic nitrogens is 2. The van der Waals surface area contributed by atoms with Gasteiger partial charge in [0.25, 0.3) is 0 Å². The van der Waals surface area contributed by atoms with E-state index in [1.165, 1.54) is 12.8 Å². The van der Waals surface area contributed by atoms with E-state index in [1.807, 2.05) is 25.2 Å². The van der Waals surface area contributed by atoms with E-state index in [0.717, 1.165) is 5.69 Å². The highest BCUT2D eigenvalue weighted by Crippen LogP contribution is 2.40. The summed E-state index contributed by atoms with van der Waals surface area (Å²) in [5.41, 5.74) is 1.62. The minimum absolute atomic E-state index is 0.534. The fourth-order valence-electron chi connectivity index (χ4n) is 1.91. The van der Waals surface area contributed by atoms with E-state index in [1.54, 1.807) is 16.8 Å². The number of para-hydroxylation sites is 1. The SMILES string of the molecule is Cn1nc(C2CC2)cc1Oc1ccccc1C#N. The van der Waals surface area contributed by atoms with Crippen LogP contribution in [0, 0.1) is 11.3 Å². The average Bonchev–Trinajstić information content (AvgIpc) is 3.17. The van der Waals surface area contributed by atoms with Crippen molar-refractivity contribution in [1.82, 2.24) is 9.78 Å². The molecule has 1 aromatic carbocycles. The van der Waals surface area contributed by atoms with Crippen LogP contribution in [0.3, 0.4) is 0 Å². The summed E-state index contributed by atoms with van der Waals surface area (Å²) in [4.78, 5) is 0. The smallest absolute Gasteiger partial charge is 0.217 e. The molecule has 0 unspecified atom stereocenters. The number of hydrogen-bond acceptors (Lipinski definition) is 3. The lowest BCUT2D eigenvalue weighted by molar-refractivity contribution is 0.429. The molecule has 3 rings (SSSR count). The van der Waals surface area contributed by atoms with Crippen LogP contribution in [0.4, 0.5) is 0 Å². The maximum absolute atomic E-state index is 9.02. The molecule has 0 atom stereocenters. The molecule has 0 radical (unpaired) electrons. The molecule has 4 nitrogen and oxygen atoms in total. The zero-order valence-corrected chi connectivity index (χ0v) is 10.1. The third kappa shape index (κ3) is 1.95. The number of rotatable bonds is 3. The first-order chi connectivity index (χ1) is 8.78. The van der Waals surface area contributed by atoms with Gasteiger partial charge in [0.15, 0.2) is 0 Å². The topological polar surface area (TPSA) is 50.8 Å². The van der Waals surface area contributed by atoms with Crippen LogP contribution >= 0.6 is 0 Å². The monoisotopic (exact) mass is 239 g/mol. The number of nitrogens with zero attached hydrogens (tertiary/aromatic N) is 3. The first kappa shape index (κ1) is 10.8. The summed E-state index contributed by atoms with van der Waals surface area (Å²) < 4.78 is 7.49. The number of nitriles is 1. The first-order valence-corrected chi connectivity index (χ1v) is 5.99. The van der Waals surface area contributed by atoms with E-state index in [-0.39, 0.29) is 0 Å². The Kier molecular flexibility index (Phi) is 2.52. The van der Waals surface area contributed by atoms with Crippen LogP contribution in [-0.4, -0.2) is 9.78 Å². The maximum atomic E-state index is 9.02. The van der Waals surface area contributed by atoms with Gasteiger partial charge in [0.2, 0.25) is 5.88 Å². The molecule has 0 aliphatic heterocycles. The Hall–Kier alpha value is -2.28. The molecular formula is C14H13N3O. The molecule has 1 saturated carbocycles. The van der Waals surface area contributed by atoms with E-state index in [0.29, 0.717) is 23.1 Å². The Morgan fingerprint density at radius 1 is 1.39 bits per heavy atom. The lowest BCUT2D eigenvalue weighted by Crippen LogP contribution is -1.96. The van der Waals surface area contributed by atoms with Gasteiger partial charge in [-0.15, -0.1) is 0 Å². The average molecular weight is 239 g/mol. The third-order valence-corrected chi connectivity index (χ3v) is 3.07. The summed E-state index contributed by atoms with van der Waals surface area (Å²) in [5, 5.41) is 13.4. The fraction of sp³-hybridized carbons (Fsp3) is 0.286. The molecule has 18 heavy (non-hydrogen) atoms. The van der Waals surface area contributed by atoms with Crippen LogP contribution < -0.4 is 4.74 Å². The van der Waals surface area contributed by atoms with Crippen LogP contribution in [0.1, 0.15) is 30.0 Å². The van der Waals surface area contributed by atoms with E-state index < -0.39 is 0 Å². The number of aryl methyl sites for hydroxylation is 1. The molecule has 0 spiro atoms. The minimum Gasteiger partial charge on any atom is -0.438 e. The predicted molar refractivity (Wildman–Crippen MR) is 66.4 cm³/mol. The van der Waals surface area contributed by atoms with Gasteiger partial charge in [-0.3, -0.25) is 0 Å². The molecule has 0 amide bonds. The summed E-state index contributed by atoms with van der Waals surface area (Å²) in [6.45, 7) is 0. The second kappa shape index (κ2) is 4.19. The molecule has 90 valence electrons. The lowest BCUT2D eigenvalue weighted by atomic mass is 10.2. The largest absolute Gasteiger partial charge is 0.438 e. The summed E-state index contributed by atoms with van der Waals surface area (Å²) >= 11 is 0. The molecule has 1 aromatic heterocycles. The van der Waals surface area contributed by atoms with Gasteiger partial charge in [-0.2, -0.15) is 10.4 Å². The van der Waals surface area contributed by atoms with Crippen molar-refractivity contribution in [2.75, 3.05) is 0 Å². The highest BCUT2D eigenvalue weighted by molar-refractivity contribution is 5.44. The van der Waals surface area contributed by atoms with Gasteiger partial charge in [-0.25, -0.2) is 4.68 Å². The minimum atomic E-state index is 0.534. The summed E-state index contributed by atoms with van der Waals surface area (Å²) in [5.74, 6) is 1.85. The number of hydrogen-bond donors (Lipinski definition) is 0. The standard InChI is InChI=1S/C14H13N3O/c1-17-14(8-12(16-17)10-6-7-10)18-13-5-3-2-4-11(13)9-15/h2-5,8,10H,6-7H2,1H3. The normalized spacial score (nSPS) is 14.2. The zero-order chi connectivity index (χ0) is 12.5. The van der Waals surface area contributed by atoms with Crippen molar-refractivity contribution in [3.8, 4) is 17.7 Å². The van der Waals surface area contributed by atoms with Crippen LogP contribution in [0.25, 0.3) is 0 Å². The quantitative estimate of drug-likeness (QED) is 0.827. The predicted octanol–water partition coefficient (Wildman–Crippen LogP) is 2.96. The highest BCUT2D eigenvalue weighted by atomic mass is 16.5. The second-order valence-corrected chi connectivity index (χ2v) is 4.52. The Balaban J connectivity index is 1.90. The van der Waals surface area contributed by atoms with Crippen molar-refractivity contribution in [2.45, 2.75) is 18.8 Å².